The molecule has 1 aromatic rings. The zero-order valence-electron chi connectivity index (χ0n) is 8.33. The van der Waals surface area contributed by atoms with E-state index in [1.54, 1.807) is 7.11 Å². The zero-order chi connectivity index (χ0) is 10.4. The fraction of sp³-hybridized carbons (Fsp3) is 0.556. The Bertz CT molecular complexity index is 329. The van der Waals surface area contributed by atoms with Gasteiger partial charge >= 0.3 is 0 Å². The number of hydrogen-bond donors (Lipinski definition) is 1. The zero-order valence-corrected chi connectivity index (χ0v) is 9.15. The second-order valence-corrected chi connectivity index (χ2v) is 3.63. The van der Waals surface area contributed by atoms with Crippen molar-refractivity contribution in [1.82, 2.24) is 4.37 Å². The summed E-state index contributed by atoms with van der Waals surface area (Å²) in [5.74, 6) is 0. The molecule has 0 spiro atoms. The molecular weight excluding hydrogens is 198 g/mol. The summed E-state index contributed by atoms with van der Waals surface area (Å²) in [5.41, 5.74) is 1.46. The van der Waals surface area contributed by atoms with Gasteiger partial charge in [0.25, 0.3) is 0 Å². The highest BCUT2D eigenvalue weighted by molar-refractivity contribution is 7.10. The van der Waals surface area contributed by atoms with E-state index in [2.05, 4.69) is 15.8 Å². The SMILES string of the molecule is COCCCNc1snc(C)c1C#N. The molecule has 0 aliphatic heterocycles. The van der Waals surface area contributed by atoms with Gasteiger partial charge in [-0.15, -0.1) is 0 Å². The maximum Gasteiger partial charge on any atom is 0.127 e. The van der Waals surface area contributed by atoms with Gasteiger partial charge in [-0.3, -0.25) is 0 Å². The minimum absolute atomic E-state index is 0.660. The molecule has 0 amide bonds. The normalized spacial score (nSPS) is 9.79. The van der Waals surface area contributed by atoms with E-state index >= 15 is 0 Å². The number of rotatable bonds is 5. The second kappa shape index (κ2) is 5.58. The molecule has 0 atom stereocenters. The van der Waals surface area contributed by atoms with Crippen LogP contribution >= 0.6 is 11.5 Å². The smallest absolute Gasteiger partial charge is 0.127 e. The number of ether oxygens (including phenoxy) is 1. The summed E-state index contributed by atoms with van der Waals surface area (Å²) in [6.45, 7) is 3.38. The van der Waals surface area contributed by atoms with E-state index in [1.165, 1.54) is 11.5 Å². The van der Waals surface area contributed by atoms with E-state index in [-0.39, 0.29) is 0 Å². The van der Waals surface area contributed by atoms with Gasteiger partial charge in [-0.05, 0) is 24.9 Å². The molecule has 0 saturated heterocycles. The van der Waals surface area contributed by atoms with Crippen molar-refractivity contribution in [2.45, 2.75) is 13.3 Å². The number of aryl methyl sites for hydroxylation is 1. The number of nitriles is 1. The Morgan fingerprint density at radius 2 is 2.43 bits per heavy atom. The average Bonchev–Trinajstić information content (AvgIpc) is 2.54. The molecule has 0 bridgehead atoms. The molecule has 0 aliphatic rings. The predicted octanol–water partition coefficient (Wildman–Crippen LogP) is 1.77. The Hall–Kier alpha value is -1.12. The molecule has 0 radical (unpaired) electrons. The quantitative estimate of drug-likeness (QED) is 0.754. The van der Waals surface area contributed by atoms with Crippen molar-refractivity contribution in [2.75, 3.05) is 25.6 Å². The molecule has 4 nitrogen and oxygen atoms in total. The van der Waals surface area contributed by atoms with E-state index in [1.807, 2.05) is 6.92 Å². The monoisotopic (exact) mass is 211 g/mol. The lowest BCUT2D eigenvalue weighted by Crippen LogP contribution is -2.04. The van der Waals surface area contributed by atoms with Crippen LogP contribution in [0.5, 0.6) is 0 Å². The summed E-state index contributed by atoms with van der Waals surface area (Å²) in [5, 5.41) is 12.9. The lowest BCUT2D eigenvalue weighted by molar-refractivity contribution is 0.198. The molecule has 1 N–H and O–H groups in total. The van der Waals surface area contributed by atoms with E-state index < -0.39 is 0 Å². The molecule has 0 aliphatic carbocycles. The number of hydrogen-bond acceptors (Lipinski definition) is 5. The number of anilines is 1. The lowest BCUT2D eigenvalue weighted by Gasteiger charge is -2.02. The maximum atomic E-state index is 8.84. The maximum absolute atomic E-state index is 8.84. The van der Waals surface area contributed by atoms with E-state index in [4.69, 9.17) is 10.00 Å². The Balaban J connectivity index is 2.47. The van der Waals surface area contributed by atoms with Crippen LogP contribution in [0.15, 0.2) is 0 Å². The molecule has 5 heteroatoms. The van der Waals surface area contributed by atoms with Gasteiger partial charge in [0, 0.05) is 20.3 Å². The van der Waals surface area contributed by atoms with Gasteiger partial charge in [-0.25, -0.2) is 0 Å². The van der Waals surface area contributed by atoms with Crippen LogP contribution in [0.1, 0.15) is 17.7 Å². The summed E-state index contributed by atoms with van der Waals surface area (Å²) < 4.78 is 9.04. The summed E-state index contributed by atoms with van der Waals surface area (Å²) >= 11 is 1.33. The van der Waals surface area contributed by atoms with E-state index in [0.717, 1.165) is 30.3 Å². The van der Waals surface area contributed by atoms with Crippen molar-refractivity contribution in [1.29, 1.82) is 5.26 Å². The molecular formula is C9H13N3OS. The Morgan fingerprint density at radius 1 is 1.64 bits per heavy atom. The molecule has 1 aromatic heterocycles. The minimum Gasteiger partial charge on any atom is -0.385 e. The highest BCUT2D eigenvalue weighted by atomic mass is 32.1. The third kappa shape index (κ3) is 2.69. The number of methoxy groups -OCH3 is 1. The van der Waals surface area contributed by atoms with Crippen LogP contribution < -0.4 is 5.32 Å². The third-order valence-corrected chi connectivity index (χ3v) is 2.68. The van der Waals surface area contributed by atoms with E-state index in [0.29, 0.717) is 5.56 Å². The molecule has 0 aromatic carbocycles. The number of aromatic nitrogens is 1. The van der Waals surface area contributed by atoms with Crippen LogP contribution in [0.3, 0.4) is 0 Å². The van der Waals surface area contributed by atoms with Crippen LogP contribution in [-0.4, -0.2) is 24.6 Å². The van der Waals surface area contributed by atoms with Crippen LogP contribution in [0.4, 0.5) is 5.00 Å². The van der Waals surface area contributed by atoms with Crippen LogP contribution in [0, 0.1) is 18.3 Å². The van der Waals surface area contributed by atoms with Gasteiger partial charge in [0.1, 0.15) is 16.6 Å². The molecule has 14 heavy (non-hydrogen) atoms. The van der Waals surface area contributed by atoms with Crippen LogP contribution in [-0.2, 0) is 4.74 Å². The summed E-state index contributed by atoms with van der Waals surface area (Å²) in [7, 11) is 1.68. The van der Waals surface area contributed by atoms with Gasteiger partial charge in [-0.1, -0.05) is 0 Å². The molecule has 0 fully saturated rings. The van der Waals surface area contributed by atoms with E-state index in [9.17, 15) is 0 Å². The van der Waals surface area contributed by atoms with Crippen molar-refractivity contribution in [3.8, 4) is 6.07 Å². The van der Waals surface area contributed by atoms with Crippen molar-refractivity contribution in [3.05, 3.63) is 11.3 Å². The molecule has 0 saturated carbocycles. The molecule has 76 valence electrons. The average molecular weight is 211 g/mol. The minimum atomic E-state index is 0.660. The first-order chi connectivity index (χ1) is 6.79. The summed E-state index contributed by atoms with van der Waals surface area (Å²) in [6, 6.07) is 2.14. The largest absolute Gasteiger partial charge is 0.385 e. The van der Waals surface area contributed by atoms with Gasteiger partial charge in [0.15, 0.2) is 0 Å². The third-order valence-electron chi connectivity index (χ3n) is 1.79. The second-order valence-electron chi connectivity index (χ2n) is 2.86. The van der Waals surface area contributed by atoms with Crippen molar-refractivity contribution >= 4 is 16.5 Å². The fourth-order valence-electron chi connectivity index (χ4n) is 1.04. The molecule has 1 rings (SSSR count). The number of nitrogens with one attached hydrogen (secondary N) is 1. The van der Waals surface area contributed by atoms with Gasteiger partial charge in [-0.2, -0.15) is 9.64 Å². The van der Waals surface area contributed by atoms with Gasteiger partial charge < -0.3 is 10.1 Å². The van der Waals surface area contributed by atoms with Crippen molar-refractivity contribution < 1.29 is 4.74 Å². The van der Waals surface area contributed by atoms with Crippen LogP contribution in [0.25, 0.3) is 0 Å². The lowest BCUT2D eigenvalue weighted by atomic mass is 10.3. The van der Waals surface area contributed by atoms with Gasteiger partial charge in [0.05, 0.1) is 5.69 Å². The predicted molar refractivity (Wildman–Crippen MR) is 56.5 cm³/mol. The number of nitrogens with zero attached hydrogens (tertiary/aromatic N) is 2. The molecule has 0 unspecified atom stereocenters. The van der Waals surface area contributed by atoms with Gasteiger partial charge in [0.2, 0.25) is 0 Å². The Labute approximate surface area is 87.7 Å². The standard InChI is InChI=1S/C9H13N3OS/c1-7-8(6-10)9(14-12-7)11-4-3-5-13-2/h11H,3-5H2,1-2H3. The highest BCUT2D eigenvalue weighted by Crippen LogP contribution is 2.22. The summed E-state index contributed by atoms with van der Waals surface area (Å²) in [6.07, 6.45) is 0.929. The molecule has 1 heterocycles. The Kier molecular flexibility index (Phi) is 4.36. The highest BCUT2D eigenvalue weighted by Gasteiger charge is 2.08. The van der Waals surface area contributed by atoms with Crippen molar-refractivity contribution in [3.63, 3.8) is 0 Å². The first-order valence-electron chi connectivity index (χ1n) is 4.38. The van der Waals surface area contributed by atoms with Crippen LogP contribution in [0.2, 0.25) is 0 Å². The summed E-state index contributed by atoms with van der Waals surface area (Å²) in [4.78, 5) is 0. The fourth-order valence-corrected chi connectivity index (χ4v) is 1.81. The Morgan fingerprint density at radius 3 is 3.07 bits per heavy atom. The van der Waals surface area contributed by atoms with Crippen molar-refractivity contribution in [2.24, 2.45) is 0 Å². The topological polar surface area (TPSA) is 57.9 Å². The first-order valence-corrected chi connectivity index (χ1v) is 5.16. The first kappa shape index (κ1) is 11.0.